The molecule has 106 valence electrons. The van der Waals surface area contributed by atoms with E-state index in [2.05, 4.69) is 11.3 Å². The van der Waals surface area contributed by atoms with Crippen LogP contribution in [-0.4, -0.2) is 30.1 Å². The Morgan fingerprint density at radius 1 is 1.22 bits per heavy atom. The average molecular weight is 282 g/mol. The van der Waals surface area contributed by atoms with Crippen LogP contribution in [0.4, 0.5) is 30.7 Å². The van der Waals surface area contributed by atoms with Crippen molar-refractivity contribution in [2.24, 2.45) is 0 Å². The molecule has 0 saturated heterocycles. The molecule has 1 atom stereocenters. The van der Waals surface area contributed by atoms with Crippen LogP contribution in [-0.2, 0) is 9.53 Å². The van der Waals surface area contributed by atoms with Crippen molar-refractivity contribution in [3.05, 3.63) is 12.7 Å². The molecular weight excluding hydrogens is 273 g/mol. The maximum absolute atomic E-state index is 12.7. The van der Waals surface area contributed by atoms with Gasteiger partial charge in [-0.2, -0.15) is 30.7 Å². The van der Waals surface area contributed by atoms with Crippen LogP contribution in [0.2, 0.25) is 0 Å². The quantitative estimate of drug-likeness (QED) is 0.439. The number of esters is 1. The van der Waals surface area contributed by atoms with Crippen LogP contribution in [0.25, 0.3) is 0 Å². The fourth-order valence-electron chi connectivity index (χ4n) is 0.846. The van der Waals surface area contributed by atoms with E-state index < -0.39 is 30.1 Å². The standard InChI is InChI=1S/C9H9F7O2/c1-3-4-5(2)18-6(17)7(10,11)8(12,13)9(14,15)16/h3,5H,1,4H2,2H3. The molecule has 0 radical (unpaired) electrons. The molecule has 18 heavy (non-hydrogen) atoms. The summed E-state index contributed by atoms with van der Waals surface area (Å²) < 4.78 is 89.2. The van der Waals surface area contributed by atoms with Gasteiger partial charge in [0.2, 0.25) is 0 Å². The van der Waals surface area contributed by atoms with Gasteiger partial charge in [-0.05, 0) is 6.92 Å². The molecule has 2 nitrogen and oxygen atoms in total. The molecule has 9 heteroatoms. The fourth-order valence-corrected chi connectivity index (χ4v) is 0.846. The van der Waals surface area contributed by atoms with Gasteiger partial charge >= 0.3 is 24.0 Å². The monoisotopic (exact) mass is 282 g/mol. The van der Waals surface area contributed by atoms with Gasteiger partial charge in [-0.3, -0.25) is 0 Å². The van der Waals surface area contributed by atoms with Crippen LogP contribution in [0.15, 0.2) is 12.7 Å². The molecule has 0 N–H and O–H groups in total. The highest BCUT2D eigenvalue weighted by Crippen LogP contribution is 2.47. The third-order valence-electron chi connectivity index (χ3n) is 1.81. The number of carbonyl (C=O) groups excluding carboxylic acids is 1. The highest BCUT2D eigenvalue weighted by Gasteiger charge is 2.77. The van der Waals surface area contributed by atoms with E-state index in [1.165, 1.54) is 0 Å². The van der Waals surface area contributed by atoms with Crippen molar-refractivity contribution in [2.45, 2.75) is 37.5 Å². The third kappa shape index (κ3) is 3.14. The van der Waals surface area contributed by atoms with E-state index in [-0.39, 0.29) is 6.42 Å². The topological polar surface area (TPSA) is 26.3 Å². The Morgan fingerprint density at radius 2 is 1.67 bits per heavy atom. The predicted octanol–water partition coefficient (Wildman–Crippen LogP) is 3.33. The molecule has 0 rings (SSSR count). The molecule has 1 unspecified atom stereocenters. The van der Waals surface area contributed by atoms with E-state index in [1.54, 1.807) is 0 Å². The lowest BCUT2D eigenvalue weighted by Gasteiger charge is -2.27. The van der Waals surface area contributed by atoms with Crippen LogP contribution < -0.4 is 0 Å². The lowest BCUT2D eigenvalue weighted by molar-refractivity contribution is -0.349. The van der Waals surface area contributed by atoms with Gasteiger partial charge in [-0.15, -0.1) is 6.58 Å². The summed E-state index contributed by atoms with van der Waals surface area (Å²) >= 11 is 0. The predicted molar refractivity (Wildman–Crippen MR) is 46.3 cm³/mol. The lowest BCUT2D eigenvalue weighted by atomic mass is 10.1. The number of hydrogen-bond donors (Lipinski definition) is 0. The number of alkyl halides is 7. The number of ether oxygens (including phenoxy) is 1. The summed E-state index contributed by atoms with van der Waals surface area (Å²) in [6, 6.07) is 0. The zero-order chi connectivity index (χ0) is 14.8. The molecule has 0 aromatic rings. The Morgan fingerprint density at radius 3 is 2.00 bits per heavy atom. The summed E-state index contributed by atoms with van der Waals surface area (Å²) in [5, 5.41) is 0. The normalized spacial score (nSPS) is 15.1. The Labute approximate surface area is 97.4 Å². The van der Waals surface area contributed by atoms with Crippen molar-refractivity contribution >= 4 is 5.97 Å². The molecular formula is C9H9F7O2. The number of rotatable bonds is 5. The van der Waals surface area contributed by atoms with Gasteiger partial charge in [0.1, 0.15) is 6.10 Å². The summed E-state index contributed by atoms with van der Waals surface area (Å²) in [5.74, 6) is -15.4. The van der Waals surface area contributed by atoms with Gasteiger partial charge in [0.15, 0.2) is 0 Å². The molecule has 0 aromatic heterocycles. The van der Waals surface area contributed by atoms with E-state index in [1.807, 2.05) is 0 Å². The zero-order valence-electron chi connectivity index (χ0n) is 9.03. The Hall–Kier alpha value is -1.28. The van der Waals surface area contributed by atoms with Crippen molar-refractivity contribution in [2.75, 3.05) is 0 Å². The molecule has 0 fully saturated rings. The van der Waals surface area contributed by atoms with Crippen molar-refractivity contribution in [3.63, 3.8) is 0 Å². The fraction of sp³-hybridized carbons (Fsp3) is 0.667. The molecule has 0 aromatic carbocycles. The Balaban J connectivity index is 5.03. The first-order chi connectivity index (χ1) is 7.88. The van der Waals surface area contributed by atoms with E-state index in [0.29, 0.717) is 0 Å². The Bertz CT molecular complexity index is 321. The minimum absolute atomic E-state index is 0.167. The van der Waals surface area contributed by atoms with Gasteiger partial charge in [0, 0.05) is 6.42 Å². The highest BCUT2D eigenvalue weighted by atomic mass is 19.4. The maximum Gasteiger partial charge on any atom is 0.460 e. The molecule has 0 aliphatic rings. The van der Waals surface area contributed by atoms with E-state index in [9.17, 15) is 35.5 Å². The number of carbonyl (C=O) groups is 1. The summed E-state index contributed by atoms with van der Waals surface area (Å²) in [4.78, 5) is 10.7. The van der Waals surface area contributed by atoms with E-state index in [4.69, 9.17) is 0 Å². The summed E-state index contributed by atoms with van der Waals surface area (Å²) in [7, 11) is 0. The second-order valence-electron chi connectivity index (χ2n) is 3.39. The van der Waals surface area contributed by atoms with Crippen LogP contribution in [0.1, 0.15) is 13.3 Å². The van der Waals surface area contributed by atoms with Crippen molar-refractivity contribution in [1.82, 2.24) is 0 Å². The number of halogens is 7. The highest BCUT2D eigenvalue weighted by molar-refractivity contribution is 5.79. The Kier molecular flexibility index (Phi) is 4.78. The molecule has 0 aliphatic carbocycles. The molecule has 0 aliphatic heterocycles. The molecule has 0 spiro atoms. The summed E-state index contributed by atoms with van der Waals surface area (Å²) in [6.07, 6.45) is -6.89. The van der Waals surface area contributed by atoms with Gasteiger partial charge in [-0.1, -0.05) is 6.08 Å². The van der Waals surface area contributed by atoms with Crippen molar-refractivity contribution < 1.29 is 40.3 Å². The minimum atomic E-state index is -6.56. The summed E-state index contributed by atoms with van der Waals surface area (Å²) in [5.41, 5.74) is 0. The van der Waals surface area contributed by atoms with Crippen molar-refractivity contribution in [1.29, 1.82) is 0 Å². The summed E-state index contributed by atoms with van der Waals surface area (Å²) in [6.45, 7) is 4.19. The van der Waals surface area contributed by atoms with Crippen LogP contribution in [0, 0.1) is 0 Å². The van der Waals surface area contributed by atoms with Gasteiger partial charge in [0.25, 0.3) is 0 Å². The van der Waals surface area contributed by atoms with Gasteiger partial charge in [0.05, 0.1) is 0 Å². The van der Waals surface area contributed by atoms with Crippen LogP contribution >= 0.6 is 0 Å². The van der Waals surface area contributed by atoms with Crippen molar-refractivity contribution in [3.8, 4) is 0 Å². The van der Waals surface area contributed by atoms with E-state index in [0.717, 1.165) is 13.0 Å². The second kappa shape index (κ2) is 5.15. The van der Waals surface area contributed by atoms with Gasteiger partial charge in [-0.25, -0.2) is 4.79 Å². The first kappa shape index (κ1) is 16.7. The first-order valence-electron chi connectivity index (χ1n) is 4.52. The minimum Gasteiger partial charge on any atom is -0.458 e. The smallest absolute Gasteiger partial charge is 0.458 e. The second-order valence-corrected chi connectivity index (χ2v) is 3.39. The van der Waals surface area contributed by atoms with Crippen LogP contribution in [0.5, 0.6) is 0 Å². The molecule has 0 heterocycles. The third-order valence-corrected chi connectivity index (χ3v) is 1.81. The first-order valence-corrected chi connectivity index (χ1v) is 4.52. The lowest BCUT2D eigenvalue weighted by Crippen LogP contribution is -2.57. The zero-order valence-corrected chi connectivity index (χ0v) is 9.03. The molecule has 0 saturated carbocycles. The maximum atomic E-state index is 12.7. The van der Waals surface area contributed by atoms with Crippen LogP contribution in [0.3, 0.4) is 0 Å². The largest absolute Gasteiger partial charge is 0.460 e. The number of hydrogen-bond acceptors (Lipinski definition) is 2. The van der Waals surface area contributed by atoms with Gasteiger partial charge < -0.3 is 4.74 Å². The molecule has 0 bridgehead atoms. The van der Waals surface area contributed by atoms with E-state index >= 15 is 0 Å². The average Bonchev–Trinajstić information content (AvgIpc) is 2.15. The molecule has 0 amide bonds. The SMILES string of the molecule is C=CCC(C)OC(=O)C(F)(F)C(F)(F)C(F)(F)F.